The number of nitrogens with one attached hydrogen (secondary N) is 2. The molecule has 0 aromatic heterocycles. The van der Waals surface area contributed by atoms with E-state index in [0.29, 0.717) is 6.54 Å². The van der Waals surface area contributed by atoms with E-state index in [9.17, 15) is 14.0 Å². The first kappa shape index (κ1) is 15.6. The summed E-state index contributed by atoms with van der Waals surface area (Å²) in [6, 6.07) is 3.24. The number of urea groups is 1. The van der Waals surface area contributed by atoms with Gasteiger partial charge in [-0.3, -0.25) is 0 Å². The zero-order valence-electron chi connectivity index (χ0n) is 11.6. The average molecular weight is 312 g/mol. The van der Waals surface area contributed by atoms with Gasteiger partial charge in [-0.15, -0.1) is 0 Å². The Bertz CT molecular complexity index is 556. The Kier molecular flexibility index (Phi) is 4.72. The number of carboxylic acids is 1. The SMILES string of the molecule is CSC1(CNC(=O)Nc2cccc(F)c2C(=O)O)CCC1. The molecule has 0 atom stereocenters. The second kappa shape index (κ2) is 6.34. The molecule has 0 radical (unpaired) electrons. The number of aromatic carboxylic acids is 1. The van der Waals surface area contributed by atoms with E-state index >= 15 is 0 Å². The smallest absolute Gasteiger partial charge is 0.340 e. The van der Waals surface area contributed by atoms with E-state index in [1.807, 2.05) is 6.26 Å². The fourth-order valence-electron chi connectivity index (χ4n) is 2.28. The van der Waals surface area contributed by atoms with Gasteiger partial charge in [0.05, 0.1) is 5.69 Å². The highest BCUT2D eigenvalue weighted by Crippen LogP contribution is 2.42. The first-order valence-electron chi connectivity index (χ1n) is 6.59. The van der Waals surface area contributed by atoms with Gasteiger partial charge in [-0.1, -0.05) is 12.5 Å². The summed E-state index contributed by atoms with van der Waals surface area (Å²) < 4.78 is 13.6. The largest absolute Gasteiger partial charge is 0.478 e. The lowest BCUT2D eigenvalue weighted by molar-refractivity contribution is 0.0693. The van der Waals surface area contributed by atoms with Crippen LogP contribution >= 0.6 is 11.8 Å². The maximum absolute atomic E-state index is 13.5. The third-order valence-corrected chi connectivity index (χ3v) is 5.16. The van der Waals surface area contributed by atoms with Gasteiger partial charge in [0.1, 0.15) is 11.4 Å². The van der Waals surface area contributed by atoms with Crippen molar-refractivity contribution in [3.63, 3.8) is 0 Å². The molecule has 114 valence electrons. The molecule has 2 rings (SSSR count). The van der Waals surface area contributed by atoms with E-state index in [1.165, 1.54) is 12.1 Å². The predicted molar refractivity (Wildman–Crippen MR) is 80.5 cm³/mol. The maximum atomic E-state index is 13.5. The number of benzene rings is 1. The lowest BCUT2D eigenvalue weighted by Crippen LogP contribution is -2.46. The van der Waals surface area contributed by atoms with Gasteiger partial charge < -0.3 is 15.7 Å². The number of amides is 2. The summed E-state index contributed by atoms with van der Waals surface area (Å²) in [5.41, 5.74) is -0.581. The van der Waals surface area contributed by atoms with Crippen LogP contribution in [0.25, 0.3) is 0 Å². The van der Waals surface area contributed by atoms with Gasteiger partial charge in [-0.2, -0.15) is 11.8 Å². The fourth-order valence-corrected chi connectivity index (χ4v) is 3.19. The molecular formula is C14H17FN2O3S. The number of hydrogen-bond donors (Lipinski definition) is 3. The van der Waals surface area contributed by atoms with Crippen molar-refractivity contribution in [2.24, 2.45) is 0 Å². The Balaban J connectivity index is 2.00. The minimum absolute atomic E-state index is 0.0492. The van der Waals surface area contributed by atoms with Crippen LogP contribution in [-0.4, -0.2) is 34.7 Å². The Morgan fingerprint density at radius 3 is 2.67 bits per heavy atom. The van der Waals surface area contributed by atoms with Crippen LogP contribution in [-0.2, 0) is 0 Å². The minimum Gasteiger partial charge on any atom is -0.478 e. The average Bonchev–Trinajstić information content (AvgIpc) is 2.37. The number of rotatable bonds is 5. The summed E-state index contributed by atoms with van der Waals surface area (Å²) in [6.45, 7) is 0.512. The van der Waals surface area contributed by atoms with Gasteiger partial charge in [0.25, 0.3) is 0 Å². The molecule has 0 heterocycles. The zero-order chi connectivity index (χ0) is 15.5. The van der Waals surface area contributed by atoms with Crippen molar-refractivity contribution < 1.29 is 19.1 Å². The summed E-state index contributed by atoms with van der Waals surface area (Å²) in [5.74, 6) is -2.29. The second-order valence-corrected chi connectivity index (χ2v) is 6.29. The van der Waals surface area contributed by atoms with Crippen LogP contribution in [0.5, 0.6) is 0 Å². The van der Waals surface area contributed by atoms with E-state index in [1.54, 1.807) is 11.8 Å². The third-order valence-electron chi connectivity index (χ3n) is 3.74. The quantitative estimate of drug-likeness (QED) is 0.781. The van der Waals surface area contributed by atoms with Crippen molar-refractivity contribution in [1.29, 1.82) is 0 Å². The van der Waals surface area contributed by atoms with Crippen LogP contribution in [0.15, 0.2) is 18.2 Å². The highest BCUT2D eigenvalue weighted by molar-refractivity contribution is 8.00. The molecule has 2 amide bonds. The van der Waals surface area contributed by atoms with Crippen molar-refractivity contribution in [1.82, 2.24) is 5.32 Å². The summed E-state index contributed by atoms with van der Waals surface area (Å²) in [6.07, 6.45) is 5.26. The molecule has 1 fully saturated rings. The standard InChI is InChI=1S/C14H17FN2O3S/c1-21-14(6-3-7-14)8-16-13(20)17-10-5-2-4-9(15)11(10)12(18)19/h2,4-5H,3,6-8H2,1H3,(H,18,19)(H2,16,17,20). The highest BCUT2D eigenvalue weighted by Gasteiger charge is 2.36. The van der Waals surface area contributed by atoms with Gasteiger partial charge in [-0.25, -0.2) is 14.0 Å². The number of halogens is 1. The summed E-state index contributed by atoms with van der Waals surface area (Å²) in [5, 5.41) is 14.1. The lowest BCUT2D eigenvalue weighted by Gasteiger charge is -2.40. The monoisotopic (exact) mass is 312 g/mol. The first-order valence-corrected chi connectivity index (χ1v) is 7.82. The number of thioether (sulfide) groups is 1. The van der Waals surface area contributed by atoms with Crippen molar-refractivity contribution in [3.05, 3.63) is 29.6 Å². The van der Waals surface area contributed by atoms with Gasteiger partial charge in [-0.05, 0) is 31.2 Å². The molecular weight excluding hydrogens is 295 g/mol. The molecule has 0 aliphatic heterocycles. The number of carbonyl (C=O) groups excluding carboxylic acids is 1. The molecule has 1 saturated carbocycles. The van der Waals surface area contributed by atoms with Crippen molar-refractivity contribution in [3.8, 4) is 0 Å². The van der Waals surface area contributed by atoms with E-state index < -0.39 is 23.4 Å². The first-order chi connectivity index (χ1) is 9.97. The molecule has 0 bridgehead atoms. The van der Waals surface area contributed by atoms with Crippen molar-refractivity contribution in [2.45, 2.75) is 24.0 Å². The number of anilines is 1. The van der Waals surface area contributed by atoms with E-state index in [2.05, 4.69) is 10.6 Å². The van der Waals surface area contributed by atoms with E-state index in [4.69, 9.17) is 5.11 Å². The summed E-state index contributed by atoms with van der Waals surface area (Å²) in [4.78, 5) is 22.9. The molecule has 0 unspecified atom stereocenters. The lowest BCUT2D eigenvalue weighted by atomic mass is 9.84. The summed E-state index contributed by atoms with van der Waals surface area (Å²) in [7, 11) is 0. The van der Waals surface area contributed by atoms with Crippen LogP contribution in [0.4, 0.5) is 14.9 Å². The van der Waals surface area contributed by atoms with Crippen LogP contribution in [0.3, 0.4) is 0 Å². The van der Waals surface area contributed by atoms with E-state index in [-0.39, 0.29) is 10.4 Å². The predicted octanol–water partition coefficient (Wildman–Crippen LogP) is 2.93. The van der Waals surface area contributed by atoms with Gasteiger partial charge in [0.2, 0.25) is 0 Å². The molecule has 7 heteroatoms. The summed E-state index contributed by atoms with van der Waals surface area (Å²) >= 11 is 1.72. The third kappa shape index (κ3) is 3.47. The van der Waals surface area contributed by atoms with E-state index in [0.717, 1.165) is 25.3 Å². The van der Waals surface area contributed by atoms with Gasteiger partial charge in [0, 0.05) is 11.3 Å². The Morgan fingerprint density at radius 2 is 2.14 bits per heavy atom. The van der Waals surface area contributed by atoms with Crippen LogP contribution in [0.1, 0.15) is 29.6 Å². The minimum atomic E-state index is -1.41. The highest BCUT2D eigenvalue weighted by atomic mass is 32.2. The molecule has 21 heavy (non-hydrogen) atoms. The topological polar surface area (TPSA) is 78.4 Å². The molecule has 5 nitrogen and oxygen atoms in total. The number of carbonyl (C=O) groups is 2. The van der Waals surface area contributed by atoms with Crippen molar-refractivity contribution >= 4 is 29.4 Å². The molecule has 1 aliphatic rings. The second-order valence-electron chi connectivity index (χ2n) is 5.02. The van der Waals surface area contributed by atoms with Gasteiger partial charge >= 0.3 is 12.0 Å². The van der Waals surface area contributed by atoms with Gasteiger partial charge in [0.15, 0.2) is 0 Å². The maximum Gasteiger partial charge on any atom is 0.340 e. The van der Waals surface area contributed by atoms with Crippen LogP contribution in [0, 0.1) is 5.82 Å². The molecule has 0 saturated heterocycles. The van der Waals surface area contributed by atoms with Crippen molar-refractivity contribution in [2.75, 3.05) is 18.1 Å². The molecule has 1 aromatic rings. The normalized spacial score (nSPS) is 15.9. The molecule has 0 spiro atoms. The van der Waals surface area contributed by atoms with Crippen LogP contribution < -0.4 is 10.6 Å². The number of hydrogen-bond acceptors (Lipinski definition) is 3. The fraction of sp³-hybridized carbons (Fsp3) is 0.429. The Morgan fingerprint density at radius 1 is 1.43 bits per heavy atom. The molecule has 1 aromatic carbocycles. The molecule has 3 N–H and O–H groups in total. The number of carboxylic acid groups (broad SMARTS) is 1. The Labute approximate surface area is 126 Å². The zero-order valence-corrected chi connectivity index (χ0v) is 12.4. The Hall–Kier alpha value is -1.76. The van der Waals surface area contributed by atoms with Crippen LogP contribution in [0.2, 0.25) is 0 Å². The molecule has 1 aliphatic carbocycles.